The monoisotopic (exact) mass is 694 g/mol. The fraction of sp³-hybridized carbons (Fsp3) is 0.448. The van der Waals surface area contributed by atoms with Crippen LogP contribution in [0.2, 0.25) is 0 Å². The predicted octanol–water partition coefficient (Wildman–Crippen LogP) is 3.46. The van der Waals surface area contributed by atoms with Gasteiger partial charge in [0.05, 0.1) is 12.1 Å². The molecule has 3 fully saturated rings. The van der Waals surface area contributed by atoms with Crippen molar-refractivity contribution in [1.82, 2.24) is 9.96 Å². The van der Waals surface area contributed by atoms with Gasteiger partial charge >= 0.3 is 23.9 Å². The molecule has 12 nitrogen and oxygen atoms in total. The second-order valence-corrected chi connectivity index (χ2v) is 14.2. The van der Waals surface area contributed by atoms with Crippen LogP contribution in [0.1, 0.15) is 6.42 Å². The van der Waals surface area contributed by atoms with Crippen molar-refractivity contribution in [2.24, 2.45) is 5.10 Å². The Balaban J connectivity index is 1.40. The number of hydroxylamine groups is 2. The molecule has 1 N–H and O–H groups in total. The number of thioether (sulfide) groups is 4. The third-order valence-corrected chi connectivity index (χ3v) is 11.1. The summed E-state index contributed by atoms with van der Waals surface area (Å²) in [6.07, 6.45) is -1.04. The number of nitrogens with zero attached hydrogens (tertiary/aromatic N) is 3. The quantitative estimate of drug-likeness (QED) is 0.217. The average molecular weight is 695 g/mol. The Morgan fingerprint density at radius 1 is 0.822 bits per heavy atom. The molecule has 0 aromatic heterocycles. The number of hydrogen-bond acceptors (Lipinski definition) is 14. The summed E-state index contributed by atoms with van der Waals surface area (Å²) < 4.78 is 11.1. The number of hydrogen-bond donors (Lipinski definition) is 1. The van der Waals surface area contributed by atoms with E-state index in [0.717, 1.165) is 34.2 Å². The summed E-state index contributed by atoms with van der Waals surface area (Å²) in [5, 5.41) is 4.23. The number of carbonyl (C=O) groups is 5. The van der Waals surface area contributed by atoms with E-state index in [-0.39, 0.29) is 18.6 Å². The zero-order valence-electron chi connectivity index (χ0n) is 24.5. The third-order valence-electron chi connectivity index (χ3n) is 6.20. The molecule has 0 aliphatic carbocycles. The van der Waals surface area contributed by atoms with Gasteiger partial charge in [0.15, 0.2) is 6.61 Å². The molecule has 16 heteroatoms. The van der Waals surface area contributed by atoms with Gasteiger partial charge in [-0.1, -0.05) is 42.5 Å². The minimum absolute atomic E-state index is 0.292. The first-order valence-corrected chi connectivity index (χ1v) is 18.6. The Morgan fingerprint density at radius 2 is 1.36 bits per heavy atom. The van der Waals surface area contributed by atoms with Gasteiger partial charge in [-0.3, -0.25) is 24.7 Å². The number of amides is 4. The Labute approximate surface area is 278 Å². The van der Waals surface area contributed by atoms with Gasteiger partial charge in [-0.2, -0.15) is 52.1 Å². The summed E-state index contributed by atoms with van der Waals surface area (Å²) in [4.78, 5) is 71.0. The second-order valence-electron chi connectivity index (χ2n) is 10.1. The molecule has 4 amide bonds. The van der Waals surface area contributed by atoms with E-state index in [0.29, 0.717) is 38.7 Å². The first-order valence-electron chi connectivity index (χ1n) is 14.0. The maximum Gasteiger partial charge on any atom is 0.358 e. The molecule has 45 heavy (non-hydrogen) atoms. The summed E-state index contributed by atoms with van der Waals surface area (Å²) in [6, 6.07) is 7.39. The highest BCUT2D eigenvalue weighted by Gasteiger charge is 2.45. The normalized spacial score (nSPS) is 20.4. The lowest BCUT2D eigenvalue weighted by atomic mass is 10.2. The van der Waals surface area contributed by atoms with Crippen LogP contribution >= 0.6 is 47.0 Å². The molecule has 0 radical (unpaired) electrons. The van der Waals surface area contributed by atoms with Gasteiger partial charge in [0.2, 0.25) is 5.71 Å². The molecule has 0 spiro atoms. The molecular formula is C29H34N4O8S4. The maximum absolute atomic E-state index is 13.3. The van der Waals surface area contributed by atoms with E-state index in [1.54, 1.807) is 77.4 Å². The summed E-state index contributed by atoms with van der Waals surface area (Å²) >= 11 is 6.45. The van der Waals surface area contributed by atoms with E-state index in [4.69, 9.17) is 14.3 Å². The number of rotatable bonds is 10. The van der Waals surface area contributed by atoms with Crippen LogP contribution < -0.4 is 5.43 Å². The number of para-hydroxylation sites is 1. The van der Waals surface area contributed by atoms with Crippen molar-refractivity contribution in [3.63, 3.8) is 0 Å². The van der Waals surface area contributed by atoms with Gasteiger partial charge in [0, 0.05) is 52.6 Å². The topological polar surface area (TPSA) is 144 Å². The van der Waals surface area contributed by atoms with Gasteiger partial charge in [-0.05, 0) is 12.1 Å². The SMILES string of the molecule is C=C1CSCC(OC(=O)CCN2C(=O)/C(=N\Nc3ccccc3)C(=O)N(OCC(=O)OC3CSCC(=C)CSC3)C2=O)CSC1. The van der Waals surface area contributed by atoms with E-state index in [1.165, 1.54) is 0 Å². The molecule has 1 aromatic rings. The number of benzene rings is 1. The van der Waals surface area contributed by atoms with Crippen LogP contribution in [0.4, 0.5) is 10.5 Å². The summed E-state index contributed by atoms with van der Waals surface area (Å²) in [5.41, 5.74) is 4.66. The highest BCUT2D eigenvalue weighted by atomic mass is 32.2. The molecule has 0 unspecified atom stereocenters. The number of hydrazone groups is 1. The number of anilines is 1. The van der Waals surface area contributed by atoms with Crippen LogP contribution in [0.15, 0.2) is 59.7 Å². The fourth-order valence-corrected chi connectivity index (χ4v) is 8.46. The zero-order chi connectivity index (χ0) is 32.2. The molecule has 3 aliphatic heterocycles. The highest BCUT2D eigenvalue weighted by Crippen LogP contribution is 2.23. The number of ether oxygens (including phenoxy) is 2. The van der Waals surface area contributed by atoms with Crippen LogP contribution in [-0.2, 0) is 33.5 Å². The van der Waals surface area contributed by atoms with E-state index in [9.17, 15) is 24.0 Å². The molecular weight excluding hydrogens is 661 g/mol. The van der Waals surface area contributed by atoms with E-state index < -0.39 is 48.6 Å². The Kier molecular flexibility index (Phi) is 13.7. The Morgan fingerprint density at radius 3 is 1.91 bits per heavy atom. The lowest BCUT2D eigenvalue weighted by Crippen LogP contribution is -2.61. The van der Waals surface area contributed by atoms with Crippen LogP contribution in [0, 0.1) is 0 Å². The number of esters is 2. The fourth-order valence-electron chi connectivity index (χ4n) is 4.08. The number of imide groups is 2. The number of urea groups is 1. The minimum atomic E-state index is -1.17. The first-order chi connectivity index (χ1) is 21.7. The predicted molar refractivity (Wildman–Crippen MR) is 179 cm³/mol. The molecule has 3 aliphatic rings. The van der Waals surface area contributed by atoms with Gasteiger partial charge in [-0.15, -0.1) is 5.06 Å². The molecule has 3 saturated heterocycles. The molecule has 242 valence electrons. The largest absolute Gasteiger partial charge is 0.461 e. The van der Waals surface area contributed by atoms with Crippen molar-refractivity contribution >= 4 is 88.2 Å². The highest BCUT2D eigenvalue weighted by molar-refractivity contribution is 8.01. The summed E-state index contributed by atoms with van der Waals surface area (Å²) in [5.74, 6) is 1.83. The van der Waals surface area contributed by atoms with Crippen molar-refractivity contribution in [1.29, 1.82) is 0 Å². The third kappa shape index (κ3) is 10.8. The van der Waals surface area contributed by atoms with Gasteiger partial charge in [-0.25, -0.2) is 14.4 Å². The molecule has 3 heterocycles. The van der Waals surface area contributed by atoms with Crippen LogP contribution in [0.5, 0.6) is 0 Å². The zero-order valence-corrected chi connectivity index (χ0v) is 27.7. The molecule has 0 atom stereocenters. The van der Waals surface area contributed by atoms with Crippen molar-refractivity contribution in [3.8, 4) is 0 Å². The van der Waals surface area contributed by atoms with E-state index in [1.807, 2.05) is 0 Å². The van der Waals surface area contributed by atoms with Gasteiger partial charge in [0.1, 0.15) is 12.2 Å². The van der Waals surface area contributed by atoms with Crippen molar-refractivity contribution in [3.05, 3.63) is 54.6 Å². The Hall–Kier alpha value is -2.92. The minimum Gasteiger partial charge on any atom is -0.461 e. The number of barbiturate groups is 1. The maximum atomic E-state index is 13.3. The summed E-state index contributed by atoms with van der Waals surface area (Å²) in [7, 11) is 0. The number of carbonyl (C=O) groups excluding carboxylic acids is 5. The first kappa shape index (κ1) is 34.9. The van der Waals surface area contributed by atoms with Crippen molar-refractivity contribution < 1.29 is 38.3 Å². The second kappa shape index (κ2) is 17.7. The molecule has 0 saturated carbocycles. The standard InChI is InChI=1S/C29H34N4O8S4/c1-19-11-42-15-22(16-43-12-19)40-24(34)8-9-32-27(36)26(31-30-21-6-4-3-5-7-21)28(37)33(29(32)38)39-10-25(35)41-23-17-44-13-20(2)14-45-18-23/h3-7,22-23,30H,1-2,8-18H2/b31-26+. The smallest absolute Gasteiger partial charge is 0.358 e. The van der Waals surface area contributed by atoms with Crippen LogP contribution in [0.3, 0.4) is 0 Å². The molecule has 1 aromatic carbocycles. The van der Waals surface area contributed by atoms with Gasteiger partial charge in [0.25, 0.3) is 5.91 Å². The van der Waals surface area contributed by atoms with Crippen LogP contribution in [-0.4, -0.2) is 117 Å². The molecule has 0 bridgehead atoms. The lowest BCUT2D eigenvalue weighted by molar-refractivity contribution is -0.180. The van der Waals surface area contributed by atoms with E-state index >= 15 is 0 Å². The summed E-state index contributed by atoms with van der Waals surface area (Å²) in [6.45, 7) is 6.83. The molecule has 4 rings (SSSR count). The van der Waals surface area contributed by atoms with E-state index in [2.05, 4.69) is 23.7 Å². The van der Waals surface area contributed by atoms with Gasteiger partial charge < -0.3 is 9.47 Å². The average Bonchev–Trinajstić information content (AvgIpc) is 2.99. The Bertz CT molecular complexity index is 1230. The van der Waals surface area contributed by atoms with Crippen molar-refractivity contribution in [2.45, 2.75) is 18.6 Å². The number of nitrogens with one attached hydrogen (secondary N) is 1. The lowest BCUT2D eigenvalue weighted by Gasteiger charge is -2.31. The van der Waals surface area contributed by atoms with Crippen molar-refractivity contribution in [2.75, 3.05) is 64.6 Å². The van der Waals surface area contributed by atoms with Crippen LogP contribution in [0.25, 0.3) is 0 Å².